The maximum absolute atomic E-state index is 11.7. The van der Waals surface area contributed by atoms with Gasteiger partial charge in [-0.15, -0.1) is 0 Å². The number of benzene rings is 1. The lowest BCUT2D eigenvalue weighted by atomic mass is 10.0. The Kier molecular flexibility index (Phi) is 3.67. The Balaban J connectivity index is 2.14. The van der Waals surface area contributed by atoms with E-state index in [9.17, 15) is 4.79 Å². The highest BCUT2D eigenvalue weighted by molar-refractivity contribution is 5.24. The van der Waals surface area contributed by atoms with Gasteiger partial charge in [-0.1, -0.05) is 31.2 Å². The van der Waals surface area contributed by atoms with Gasteiger partial charge in [0.05, 0.1) is 0 Å². The molecule has 0 aliphatic carbocycles. The smallest absolute Gasteiger partial charge is 0.322 e. The van der Waals surface area contributed by atoms with Gasteiger partial charge in [-0.25, -0.2) is 4.79 Å². The molecule has 1 aromatic heterocycles. The summed E-state index contributed by atoms with van der Waals surface area (Å²) < 4.78 is 3.19. The van der Waals surface area contributed by atoms with Crippen LogP contribution >= 0.6 is 0 Å². The molecule has 0 aliphatic rings. The lowest BCUT2D eigenvalue weighted by Crippen LogP contribution is -2.27. The molecule has 0 bridgehead atoms. The lowest BCUT2D eigenvalue weighted by molar-refractivity contribution is 0.554. The molecule has 2 rings (SSSR count). The molecule has 0 saturated carbocycles. The minimum Gasteiger partial charge on any atom is -0.322 e. The normalized spacial score (nSPS) is 12.6. The second kappa shape index (κ2) is 5.23. The highest BCUT2D eigenvalue weighted by Crippen LogP contribution is 2.13. The Morgan fingerprint density at radius 2 is 1.89 bits per heavy atom. The van der Waals surface area contributed by atoms with Crippen molar-refractivity contribution in [3.8, 4) is 0 Å². The fraction of sp³-hybridized carbons (Fsp3) is 0.357. The van der Waals surface area contributed by atoms with Gasteiger partial charge in [-0.3, -0.25) is 4.57 Å². The zero-order valence-electron chi connectivity index (χ0n) is 10.8. The van der Waals surface area contributed by atoms with E-state index in [2.05, 4.69) is 19.1 Å². The van der Waals surface area contributed by atoms with Gasteiger partial charge in [0.25, 0.3) is 0 Å². The van der Waals surface area contributed by atoms with E-state index < -0.39 is 0 Å². The van der Waals surface area contributed by atoms with E-state index in [1.165, 1.54) is 5.56 Å². The molecule has 2 aromatic rings. The molecule has 0 spiro atoms. The first-order valence-corrected chi connectivity index (χ1v) is 6.18. The number of aryl methyl sites for hydroxylation is 2. The molecule has 4 nitrogen and oxygen atoms in total. The highest BCUT2D eigenvalue weighted by atomic mass is 16.1. The summed E-state index contributed by atoms with van der Waals surface area (Å²) in [6, 6.07) is 8.09. The molecule has 1 unspecified atom stereocenters. The summed E-state index contributed by atoms with van der Waals surface area (Å²) in [6.07, 6.45) is 4.53. The van der Waals surface area contributed by atoms with Gasteiger partial charge in [-0.2, -0.15) is 0 Å². The van der Waals surface area contributed by atoms with Crippen LogP contribution in [0.15, 0.2) is 41.5 Å². The Labute approximate surface area is 107 Å². The van der Waals surface area contributed by atoms with Crippen molar-refractivity contribution in [2.24, 2.45) is 12.8 Å². The van der Waals surface area contributed by atoms with Crippen molar-refractivity contribution in [3.63, 3.8) is 0 Å². The topological polar surface area (TPSA) is 52.9 Å². The predicted molar refractivity (Wildman–Crippen MR) is 72.4 cm³/mol. The Morgan fingerprint density at radius 1 is 1.22 bits per heavy atom. The molecule has 4 heteroatoms. The largest absolute Gasteiger partial charge is 0.327 e. The molecule has 0 amide bonds. The summed E-state index contributed by atoms with van der Waals surface area (Å²) in [7, 11) is 1.74. The van der Waals surface area contributed by atoms with Crippen molar-refractivity contribution < 1.29 is 0 Å². The molecule has 96 valence electrons. The number of nitrogens with two attached hydrogens (primary N) is 1. The van der Waals surface area contributed by atoms with Gasteiger partial charge in [-0.05, 0) is 17.5 Å². The first-order valence-electron chi connectivity index (χ1n) is 6.18. The van der Waals surface area contributed by atoms with Crippen LogP contribution in [-0.4, -0.2) is 9.13 Å². The summed E-state index contributed by atoms with van der Waals surface area (Å²) in [5.41, 5.74) is 8.45. The molecule has 1 heterocycles. The number of hydrogen-bond donors (Lipinski definition) is 1. The van der Waals surface area contributed by atoms with Crippen LogP contribution in [0.2, 0.25) is 0 Å². The van der Waals surface area contributed by atoms with E-state index in [1.54, 1.807) is 28.6 Å². The van der Waals surface area contributed by atoms with Crippen LogP contribution in [0.5, 0.6) is 0 Å². The van der Waals surface area contributed by atoms with E-state index in [0.29, 0.717) is 6.54 Å². The Morgan fingerprint density at radius 3 is 2.39 bits per heavy atom. The average Bonchev–Trinajstić information content (AvgIpc) is 2.71. The van der Waals surface area contributed by atoms with Gasteiger partial charge in [0.15, 0.2) is 0 Å². The van der Waals surface area contributed by atoms with Gasteiger partial charge in [0.2, 0.25) is 0 Å². The lowest BCUT2D eigenvalue weighted by Gasteiger charge is -2.12. The standard InChI is InChI=1S/C14H19N3O/c1-3-11-4-6-12(7-5-11)13(15)10-17-9-8-16(2)14(17)18/h4-9,13H,3,10,15H2,1-2H3. The van der Waals surface area contributed by atoms with Crippen LogP contribution in [0, 0.1) is 0 Å². The van der Waals surface area contributed by atoms with Crippen molar-refractivity contribution >= 4 is 0 Å². The number of hydrogen-bond acceptors (Lipinski definition) is 2. The Hall–Kier alpha value is -1.81. The predicted octanol–water partition coefficient (Wildman–Crippen LogP) is 1.45. The monoisotopic (exact) mass is 245 g/mol. The molecular formula is C14H19N3O. The van der Waals surface area contributed by atoms with Crippen molar-refractivity contribution in [3.05, 3.63) is 58.3 Å². The minimum absolute atomic E-state index is 0.0318. The molecule has 1 atom stereocenters. The zero-order chi connectivity index (χ0) is 13.1. The summed E-state index contributed by atoms with van der Waals surface area (Å²) in [5.74, 6) is 0. The van der Waals surface area contributed by atoms with Crippen LogP contribution in [0.25, 0.3) is 0 Å². The number of imidazole rings is 1. The van der Waals surface area contributed by atoms with Crippen molar-refractivity contribution in [1.82, 2.24) is 9.13 Å². The van der Waals surface area contributed by atoms with Gasteiger partial charge in [0.1, 0.15) is 0 Å². The van der Waals surface area contributed by atoms with Gasteiger partial charge in [0, 0.05) is 32.0 Å². The first-order chi connectivity index (χ1) is 8.61. The van der Waals surface area contributed by atoms with Crippen LogP contribution < -0.4 is 11.4 Å². The molecular weight excluding hydrogens is 226 g/mol. The number of aromatic nitrogens is 2. The van der Waals surface area contributed by atoms with E-state index in [1.807, 2.05) is 12.1 Å². The average molecular weight is 245 g/mol. The van der Waals surface area contributed by atoms with Crippen LogP contribution in [-0.2, 0) is 20.0 Å². The summed E-state index contributed by atoms with van der Waals surface area (Å²) in [5, 5.41) is 0. The Bertz CT molecular complexity index is 565. The van der Waals surface area contributed by atoms with Gasteiger partial charge < -0.3 is 10.3 Å². The maximum atomic E-state index is 11.7. The third kappa shape index (κ3) is 2.54. The maximum Gasteiger partial charge on any atom is 0.327 e. The fourth-order valence-electron chi connectivity index (χ4n) is 1.97. The van der Waals surface area contributed by atoms with E-state index in [4.69, 9.17) is 5.73 Å². The van der Waals surface area contributed by atoms with Crippen LogP contribution in [0.1, 0.15) is 24.1 Å². The van der Waals surface area contributed by atoms with Crippen LogP contribution in [0.4, 0.5) is 0 Å². The highest BCUT2D eigenvalue weighted by Gasteiger charge is 2.09. The second-order valence-electron chi connectivity index (χ2n) is 4.55. The summed E-state index contributed by atoms with van der Waals surface area (Å²) in [4.78, 5) is 11.7. The van der Waals surface area contributed by atoms with Crippen LogP contribution in [0.3, 0.4) is 0 Å². The molecule has 0 saturated heterocycles. The summed E-state index contributed by atoms with van der Waals surface area (Å²) in [6.45, 7) is 2.63. The first kappa shape index (κ1) is 12.6. The third-order valence-corrected chi connectivity index (χ3v) is 3.23. The minimum atomic E-state index is -0.156. The van der Waals surface area contributed by atoms with Crippen molar-refractivity contribution in [2.75, 3.05) is 0 Å². The molecule has 0 radical (unpaired) electrons. The molecule has 2 N–H and O–H groups in total. The number of rotatable bonds is 4. The molecule has 0 fully saturated rings. The van der Waals surface area contributed by atoms with E-state index in [0.717, 1.165) is 12.0 Å². The van der Waals surface area contributed by atoms with Crippen molar-refractivity contribution in [1.29, 1.82) is 0 Å². The zero-order valence-corrected chi connectivity index (χ0v) is 10.8. The number of nitrogens with zero attached hydrogens (tertiary/aromatic N) is 2. The fourth-order valence-corrected chi connectivity index (χ4v) is 1.97. The third-order valence-electron chi connectivity index (χ3n) is 3.23. The van der Waals surface area contributed by atoms with E-state index in [-0.39, 0.29) is 11.7 Å². The summed E-state index contributed by atoms with van der Waals surface area (Å²) >= 11 is 0. The quantitative estimate of drug-likeness (QED) is 0.886. The van der Waals surface area contributed by atoms with E-state index >= 15 is 0 Å². The molecule has 18 heavy (non-hydrogen) atoms. The molecule has 0 aliphatic heterocycles. The van der Waals surface area contributed by atoms with Crippen molar-refractivity contribution in [2.45, 2.75) is 25.9 Å². The van der Waals surface area contributed by atoms with Gasteiger partial charge >= 0.3 is 5.69 Å². The second-order valence-corrected chi connectivity index (χ2v) is 4.55. The molecule has 1 aromatic carbocycles. The SMILES string of the molecule is CCc1ccc(C(N)Cn2ccn(C)c2=O)cc1.